The summed E-state index contributed by atoms with van der Waals surface area (Å²) in [6.07, 6.45) is -7.48. The number of ether oxygens (including phenoxy) is 5. The van der Waals surface area contributed by atoms with Crippen LogP contribution in [0, 0.1) is 44.8 Å². The van der Waals surface area contributed by atoms with Crippen molar-refractivity contribution in [3.63, 3.8) is 0 Å². The van der Waals surface area contributed by atoms with Crippen LogP contribution in [0.3, 0.4) is 0 Å². The van der Waals surface area contributed by atoms with Crippen molar-refractivity contribution >= 4 is 0 Å². The molecule has 2 spiro atoms. The number of hydrogen-bond acceptors (Lipinski definition) is 14. The molecule has 316 valence electrons. The van der Waals surface area contributed by atoms with Crippen molar-refractivity contribution < 1.29 is 69.6 Å². The zero-order valence-corrected chi connectivity index (χ0v) is 33.6. The molecule has 14 heteroatoms. The molecule has 0 unspecified atom stereocenters. The lowest BCUT2D eigenvalue weighted by atomic mass is 9.41. The molecule has 3 aliphatic heterocycles. The first kappa shape index (κ1) is 41.2. The Balaban J connectivity index is 1.15. The summed E-state index contributed by atoms with van der Waals surface area (Å²) >= 11 is 0. The molecule has 0 radical (unpaired) electrons. The molecule has 55 heavy (non-hydrogen) atoms. The van der Waals surface area contributed by atoms with E-state index in [1.165, 1.54) is 0 Å². The summed E-state index contributed by atoms with van der Waals surface area (Å²) in [6.45, 7) is 13.8. The van der Waals surface area contributed by atoms with E-state index >= 15 is 0 Å². The minimum Gasteiger partial charge on any atom is -0.394 e. The molecular formula is C41H68O14. The number of fused-ring (bicyclic) bond motifs is 2. The monoisotopic (exact) mass is 784 g/mol. The first-order valence-corrected chi connectivity index (χ1v) is 20.9. The smallest absolute Gasteiger partial charge is 0.186 e. The molecule has 3 heterocycles. The maximum absolute atomic E-state index is 12.2. The fraction of sp³-hybridized carbons (Fsp3) is 1.00. The van der Waals surface area contributed by atoms with Gasteiger partial charge in [0.15, 0.2) is 12.6 Å². The van der Waals surface area contributed by atoms with Crippen LogP contribution in [0.4, 0.5) is 0 Å². The topological polar surface area (TPSA) is 228 Å². The van der Waals surface area contributed by atoms with Gasteiger partial charge in [0.1, 0.15) is 42.7 Å². The largest absolute Gasteiger partial charge is 0.394 e. The molecule has 0 aromatic rings. The number of aliphatic hydroxyl groups excluding tert-OH is 8. The SMILES string of the molecule is CC(C)(O)[C@@H]1CC[C@](C)([C@H]2[C@@H](O)C[C@@]3(C)[C@@H]4C[C@H](O[C@H]5O[C@@H](CO)[C@H](O)[C@@H](O)[C@@H]5O)[C@H]5C(C)(C)[C@@H](O[C@@H]6OC[C@@H](O)[C@H](O)[C@H]6O)CC[C@@]56C[C@@]46CC[C@]23C)O1. The third-order valence-electron chi connectivity index (χ3n) is 17.6. The number of hydrogen-bond donors (Lipinski definition) is 9. The second-order valence-corrected chi connectivity index (χ2v) is 21.1. The maximum atomic E-state index is 12.2. The van der Waals surface area contributed by atoms with Crippen molar-refractivity contribution in [1.82, 2.24) is 0 Å². The highest BCUT2D eigenvalue weighted by Gasteiger charge is 2.85. The van der Waals surface area contributed by atoms with Crippen LogP contribution in [0.2, 0.25) is 0 Å². The molecule has 8 fully saturated rings. The lowest BCUT2D eigenvalue weighted by molar-refractivity contribution is -0.339. The second-order valence-electron chi connectivity index (χ2n) is 21.1. The summed E-state index contributed by atoms with van der Waals surface area (Å²) in [7, 11) is 0. The summed E-state index contributed by atoms with van der Waals surface area (Å²) in [6, 6.07) is 0. The highest BCUT2D eigenvalue weighted by atomic mass is 16.7. The van der Waals surface area contributed by atoms with Crippen LogP contribution in [0.25, 0.3) is 0 Å². The van der Waals surface area contributed by atoms with Gasteiger partial charge in [-0.25, -0.2) is 0 Å². The fourth-order valence-electron chi connectivity index (χ4n) is 14.9. The van der Waals surface area contributed by atoms with Gasteiger partial charge in [-0.15, -0.1) is 0 Å². The predicted molar refractivity (Wildman–Crippen MR) is 194 cm³/mol. The summed E-state index contributed by atoms with van der Waals surface area (Å²) in [5, 5.41) is 97.2. The Kier molecular flexibility index (Phi) is 9.90. The van der Waals surface area contributed by atoms with Gasteiger partial charge < -0.3 is 69.6 Å². The van der Waals surface area contributed by atoms with E-state index in [1.54, 1.807) is 13.8 Å². The average molecular weight is 785 g/mol. The Morgan fingerprint density at radius 2 is 1.40 bits per heavy atom. The Morgan fingerprint density at radius 3 is 2.05 bits per heavy atom. The van der Waals surface area contributed by atoms with Crippen LogP contribution >= 0.6 is 0 Å². The maximum Gasteiger partial charge on any atom is 0.186 e. The summed E-state index contributed by atoms with van der Waals surface area (Å²) in [5.41, 5.74) is -3.16. The Morgan fingerprint density at radius 1 is 0.709 bits per heavy atom. The van der Waals surface area contributed by atoms with E-state index in [0.29, 0.717) is 25.7 Å². The van der Waals surface area contributed by atoms with Gasteiger partial charge in [-0.05, 0) is 117 Å². The zero-order chi connectivity index (χ0) is 40.1. The third-order valence-corrected chi connectivity index (χ3v) is 17.6. The Labute approximate surface area is 324 Å². The number of rotatable bonds is 7. The average Bonchev–Trinajstić information content (AvgIpc) is 3.47. The Hall–Kier alpha value is -0.560. The minimum atomic E-state index is -1.60. The molecule has 0 aromatic carbocycles. The summed E-state index contributed by atoms with van der Waals surface area (Å²) in [4.78, 5) is 0. The van der Waals surface area contributed by atoms with E-state index in [2.05, 4.69) is 34.6 Å². The molecule has 8 rings (SSSR count). The van der Waals surface area contributed by atoms with Crippen LogP contribution in [-0.4, -0.2) is 150 Å². The molecule has 14 nitrogen and oxygen atoms in total. The van der Waals surface area contributed by atoms with Gasteiger partial charge in [-0.1, -0.05) is 27.7 Å². The molecule has 21 atom stereocenters. The molecule has 8 aliphatic rings. The number of aliphatic hydroxyl groups is 9. The van der Waals surface area contributed by atoms with Crippen molar-refractivity contribution in [3.05, 3.63) is 0 Å². The van der Waals surface area contributed by atoms with E-state index in [1.807, 2.05) is 0 Å². The zero-order valence-electron chi connectivity index (χ0n) is 33.6. The molecular weight excluding hydrogens is 716 g/mol. The van der Waals surface area contributed by atoms with Crippen LogP contribution in [0.5, 0.6) is 0 Å². The van der Waals surface area contributed by atoms with E-state index in [9.17, 15) is 46.0 Å². The molecule has 0 aromatic heterocycles. The summed E-state index contributed by atoms with van der Waals surface area (Å²) in [5.74, 6) is -0.215. The Bertz CT molecular complexity index is 1460. The van der Waals surface area contributed by atoms with Gasteiger partial charge in [0, 0.05) is 5.92 Å². The van der Waals surface area contributed by atoms with Gasteiger partial charge in [-0.2, -0.15) is 0 Å². The minimum absolute atomic E-state index is 0.0633. The van der Waals surface area contributed by atoms with Crippen molar-refractivity contribution in [3.8, 4) is 0 Å². The molecule has 9 N–H and O–H groups in total. The van der Waals surface area contributed by atoms with E-state index in [-0.39, 0.29) is 52.1 Å². The van der Waals surface area contributed by atoms with Crippen molar-refractivity contribution in [1.29, 1.82) is 0 Å². The summed E-state index contributed by atoms with van der Waals surface area (Å²) < 4.78 is 31.9. The second kappa shape index (κ2) is 13.2. The van der Waals surface area contributed by atoms with Gasteiger partial charge in [0.25, 0.3) is 0 Å². The van der Waals surface area contributed by atoms with Gasteiger partial charge in [0.05, 0.1) is 48.8 Å². The van der Waals surface area contributed by atoms with Crippen LogP contribution in [0.1, 0.15) is 106 Å². The van der Waals surface area contributed by atoms with Crippen LogP contribution in [0.15, 0.2) is 0 Å². The van der Waals surface area contributed by atoms with Crippen molar-refractivity contribution in [2.24, 2.45) is 44.8 Å². The first-order chi connectivity index (χ1) is 25.5. The highest BCUT2D eigenvalue weighted by molar-refractivity contribution is 5.33. The lowest BCUT2D eigenvalue weighted by Gasteiger charge is -2.65. The fourth-order valence-corrected chi connectivity index (χ4v) is 14.9. The molecule has 3 saturated heterocycles. The quantitative estimate of drug-likeness (QED) is 0.162. The standard InChI is InChI=1S/C41H68O14/c1-35(2)24(54-33-29(48)26(45)20(44)17-51-33)9-11-41-18-40(41)13-12-37(5)31(39(7)10-8-25(55-39)36(3,4)50)19(43)15-38(37,6)23(40)14-21(32(35)41)52-34-30(49)28(47)27(46)22(16-42)53-34/h19-34,42-50H,8-18H2,1-7H3/t19-,20+,21-,22-,23-,24-,25-,26-,27-,28+,29+,30-,31-,32-,33-,34-,37+,38-,39+,40-,41+/m0/s1. The van der Waals surface area contributed by atoms with E-state index in [4.69, 9.17) is 23.7 Å². The molecule has 5 saturated carbocycles. The van der Waals surface area contributed by atoms with Crippen LogP contribution in [-0.2, 0) is 23.7 Å². The first-order valence-electron chi connectivity index (χ1n) is 20.9. The molecule has 5 aliphatic carbocycles. The van der Waals surface area contributed by atoms with Crippen molar-refractivity contribution in [2.45, 2.75) is 197 Å². The van der Waals surface area contributed by atoms with Gasteiger partial charge in [0.2, 0.25) is 0 Å². The highest BCUT2D eigenvalue weighted by Crippen LogP contribution is 2.89. The van der Waals surface area contributed by atoms with Crippen LogP contribution < -0.4 is 0 Å². The molecule has 0 amide bonds. The lowest BCUT2D eigenvalue weighted by Crippen LogP contribution is -2.65. The molecule has 0 bridgehead atoms. The third kappa shape index (κ3) is 5.70. The van der Waals surface area contributed by atoms with Gasteiger partial charge in [-0.3, -0.25) is 0 Å². The normalized spacial score (nSPS) is 58.7. The van der Waals surface area contributed by atoms with E-state index < -0.39 is 96.8 Å². The van der Waals surface area contributed by atoms with Gasteiger partial charge >= 0.3 is 0 Å². The van der Waals surface area contributed by atoms with E-state index in [0.717, 1.165) is 32.1 Å². The predicted octanol–water partition coefficient (Wildman–Crippen LogP) is 0.724. The van der Waals surface area contributed by atoms with Crippen molar-refractivity contribution in [2.75, 3.05) is 13.2 Å².